The molecule has 35 heavy (non-hydrogen) atoms. The van der Waals surface area contributed by atoms with Gasteiger partial charge in [-0.05, 0) is 44.2 Å². The van der Waals surface area contributed by atoms with E-state index in [-0.39, 0.29) is 0 Å². The normalized spacial score (nSPS) is 22.0. The van der Waals surface area contributed by atoms with Crippen molar-refractivity contribution < 1.29 is 50.9 Å². The second kappa shape index (κ2) is 11.2. The van der Waals surface area contributed by atoms with Crippen molar-refractivity contribution in [1.29, 1.82) is 0 Å². The van der Waals surface area contributed by atoms with E-state index >= 15 is 0 Å². The van der Waals surface area contributed by atoms with Gasteiger partial charge in [0.05, 0.1) is 12.2 Å². The number of pyridine rings is 1. The second-order valence-electron chi connectivity index (χ2n) is 8.46. The number of aryl methyl sites for hydroxylation is 1. The lowest BCUT2D eigenvalue weighted by Gasteiger charge is -2.25. The van der Waals surface area contributed by atoms with E-state index in [0.717, 1.165) is 30.3 Å². The molecule has 2 saturated heterocycles. The van der Waals surface area contributed by atoms with Gasteiger partial charge in [-0.2, -0.15) is 26.3 Å². The maximum absolute atomic E-state index is 12.4. The van der Waals surface area contributed by atoms with Crippen molar-refractivity contribution in [2.24, 2.45) is 5.92 Å². The molecule has 3 heterocycles. The maximum Gasteiger partial charge on any atom is 0.490 e. The van der Waals surface area contributed by atoms with Crippen LogP contribution in [0, 0.1) is 12.8 Å². The number of carbonyl (C=O) groups is 3. The van der Waals surface area contributed by atoms with E-state index in [1.54, 1.807) is 0 Å². The van der Waals surface area contributed by atoms with Gasteiger partial charge in [-0.3, -0.25) is 14.7 Å². The summed E-state index contributed by atoms with van der Waals surface area (Å²) in [6.45, 7) is 5.06. The van der Waals surface area contributed by atoms with Crippen molar-refractivity contribution in [2.75, 3.05) is 13.1 Å². The van der Waals surface area contributed by atoms with Crippen LogP contribution in [0.15, 0.2) is 18.2 Å². The van der Waals surface area contributed by atoms with Gasteiger partial charge in [0.15, 0.2) is 0 Å². The Morgan fingerprint density at radius 3 is 2.00 bits per heavy atom. The minimum absolute atomic E-state index is 0.314. The van der Waals surface area contributed by atoms with Crippen molar-refractivity contribution in [3.05, 3.63) is 29.6 Å². The highest BCUT2D eigenvalue weighted by molar-refractivity contribution is 5.80. The molecule has 196 valence electrons. The highest BCUT2D eigenvalue weighted by atomic mass is 19.4. The fraction of sp³-hybridized carbons (Fsp3) is 0.619. The fourth-order valence-corrected chi connectivity index (χ4v) is 3.94. The average Bonchev–Trinajstić information content (AvgIpc) is 3.39. The molecule has 3 fully saturated rings. The summed E-state index contributed by atoms with van der Waals surface area (Å²) in [5.74, 6) is -4.29. The number of carboxylic acid groups (broad SMARTS) is 2. The van der Waals surface area contributed by atoms with Crippen LogP contribution in [-0.4, -0.2) is 80.4 Å². The van der Waals surface area contributed by atoms with E-state index in [9.17, 15) is 31.1 Å². The van der Waals surface area contributed by atoms with Crippen molar-refractivity contribution in [2.45, 2.75) is 63.6 Å². The number of hydrogen-bond donors (Lipinski definition) is 2. The predicted octanol–water partition coefficient (Wildman–Crippen LogP) is 3.24. The van der Waals surface area contributed by atoms with Gasteiger partial charge in [0.25, 0.3) is 0 Å². The number of hydrogen-bond acceptors (Lipinski definition) is 5. The smallest absolute Gasteiger partial charge is 0.475 e. The zero-order valence-electron chi connectivity index (χ0n) is 18.6. The molecular weight excluding hydrogens is 488 g/mol. The average molecular weight is 513 g/mol. The number of carboxylic acids is 2. The highest BCUT2D eigenvalue weighted by Gasteiger charge is 2.47. The van der Waals surface area contributed by atoms with Crippen LogP contribution < -0.4 is 0 Å². The van der Waals surface area contributed by atoms with Crippen LogP contribution in [0.5, 0.6) is 0 Å². The summed E-state index contributed by atoms with van der Waals surface area (Å²) >= 11 is 0. The minimum Gasteiger partial charge on any atom is -0.475 e. The summed E-state index contributed by atoms with van der Waals surface area (Å²) in [6.07, 6.45) is -5.55. The quantitative estimate of drug-likeness (QED) is 0.595. The van der Waals surface area contributed by atoms with E-state index in [0.29, 0.717) is 31.0 Å². The molecule has 0 bridgehead atoms. The molecule has 2 atom stereocenters. The molecule has 8 nitrogen and oxygen atoms in total. The number of likely N-dealkylation sites (tertiary alicyclic amines) is 2. The highest BCUT2D eigenvalue weighted by Crippen LogP contribution is 2.37. The number of halogens is 6. The van der Waals surface area contributed by atoms with Crippen LogP contribution in [0.1, 0.15) is 37.1 Å². The van der Waals surface area contributed by atoms with Crippen molar-refractivity contribution in [3.63, 3.8) is 0 Å². The van der Waals surface area contributed by atoms with Gasteiger partial charge in [0, 0.05) is 37.3 Å². The summed E-state index contributed by atoms with van der Waals surface area (Å²) in [6, 6.07) is 6.95. The van der Waals surface area contributed by atoms with Gasteiger partial charge in [0.2, 0.25) is 5.91 Å². The fourth-order valence-electron chi connectivity index (χ4n) is 3.94. The molecule has 3 aliphatic rings. The molecule has 2 N–H and O–H groups in total. The van der Waals surface area contributed by atoms with Gasteiger partial charge < -0.3 is 15.1 Å². The lowest BCUT2D eigenvalue weighted by atomic mass is 10.1. The van der Waals surface area contributed by atoms with Gasteiger partial charge in [-0.25, -0.2) is 9.59 Å². The Balaban J connectivity index is 0.000000257. The van der Waals surface area contributed by atoms with Crippen LogP contribution in [0.4, 0.5) is 26.3 Å². The monoisotopic (exact) mass is 513 g/mol. The Morgan fingerprint density at radius 2 is 1.54 bits per heavy atom. The van der Waals surface area contributed by atoms with E-state index in [4.69, 9.17) is 19.8 Å². The molecule has 1 aliphatic carbocycles. The number of alkyl halides is 6. The summed E-state index contributed by atoms with van der Waals surface area (Å²) in [5, 5.41) is 14.2. The topological polar surface area (TPSA) is 111 Å². The van der Waals surface area contributed by atoms with Crippen LogP contribution in [-0.2, 0) is 20.9 Å². The molecule has 0 radical (unpaired) electrons. The van der Waals surface area contributed by atoms with Crippen molar-refractivity contribution in [1.82, 2.24) is 14.8 Å². The lowest BCUT2D eigenvalue weighted by molar-refractivity contribution is -0.193. The molecule has 0 unspecified atom stereocenters. The Morgan fingerprint density at radius 1 is 1.00 bits per heavy atom. The number of fused-ring (bicyclic) bond motifs is 1. The third-order valence-electron chi connectivity index (χ3n) is 5.68. The minimum atomic E-state index is -5.08. The third kappa shape index (κ3) is 8.67. The maximum atomic E-state index is 12.4. The number of aromatic nitrogens is 1. The molecule has 1 aromatic heterocycles. The Bertz CT molecular complexity index is 895. The van der Waals surface area contributed by atoms with Crippen LogP contribution in [0.2, 0.25) is 0 Å². The third-order valence-corrected chi connectivity index (χ3v) is 5.68. The van der Waals surface area contributed by atoms with Crippen molar-refractivity contribution >= 4 is 17.8 Å². The van der Waals surface area contributed by atoms with E-state index in [1.807, 2.05) is 25.1 Å². The Kier molecular flexibility index (Phi) is 9.09. The predicted molar refractivity (Wildman–Crippen MR) is 108 cm³/mol. The SMILES string of the molecule is Cc1cccc(CN2C(=O)C[C@H]3[C@@H]2CCN3CC2CC2)n1.O=C(O)C(F)(F)F.O=C(O)C(F)(F)F. The first-order valence-corrected chi connectivity index (χ1v) is 10.7. The summed E-state index contributed by atoms with van der Waals surface area (Å²) in [7, 11) is 0. The molecule has 14 heteroatoms. The van der Waals surface area contributed by atoms with E-state index in [2.05, 4.69) is 14.8 Å². The van der Waals surface area contributed by atoms with Gasteiger partial charge in [-0.15, -0.1) is 0 Å². The molecule has 4 rings (SSSR count). The molecule has 1 amide bonds. The standard InChI is InChI=1S/C17H23N3O.2C2HF3O2/c1-12-3-2-4-14(18-12)11-20-15-7-8-19(10-13-5-6-13)16(15)9-17(20)21;2*3-2(4,5)1(6)7/h2-4,13,15-16H,5-11H2,1H3;2*(H,6,7)/t15-,16-;;/m0../s1. The number of nitrogens with zero attached hydrogens (tertiary/aromatic N) is 3. The first-order valence-electron chi connectivity index (χ1n) is 10.7. The zero-order valence-corrected chi connectivity index (χ0v) is 18.6. The summed E-state index contributed by atoms with van der Waals surface area (Å²) < 4.78 is 63.5. The van der Waals surface area contributed by atoms with E-state index in [1.165, 1.54) is 19.4 Å². The van der Waals surface area contributed by atoms with Gasteiger partial charge in [-0.1, -0.05) is 6.07 Å². The van der Waals surface area contributed by atoms with Crippen LogP contribution >= 0.6 is 0 Å². The lowest BCUT2D eigenvalue weighted by Crippen LogP contribution is -2.37. The first-order chi connectivity index (χ1) is 16.1. The Hall–Kier alpha value is -2.90. The first kappa shape index (κ1) is 28.3. The van der Waals surface area contributed by atoms with Crippen molar-refractivity contribution in [3.8, 4) is 0 Å². The number of rotatable bonds is 4. The zero-order chi connectivity index (χ0) is 26.6. The molecule has 2 aliphatic heterocycles. The Labute approximate surface area is 196 Å². The van der Waals surface area contributed by atoms with Gasteiger partial charge >= 0.3 is 24.3 Å². The largest absolute Gasteiger partial charge is 0.490 e. The molecule has 1 aromatic rings. The second-order valence-corrected chi connectivity index (χ2v) is 8.46. The number of carbonyl (C=O) groups excluding carboxylic acids is 1. The molecular formula is C21H25F6N3O5. The molecule has 0 spiro atoms. The van der Waals surface area contributed by atoms with Gasteiger partial charge in [0.1, 0.15) is 0 Å². The molecule has 1 saturated carbocycles. The van der Waals surface area contributed by atoms with E-state index < -0.39 is 24.3 Å². The number of amides is 1. The van der Waals surface area contributed by atoms with Crippen LogP contribution in [0.3, 0.4) is 0 Å². The molecule has 0 aromatic carbocycles. The van der Waals surface area contributed by atoms with Crippen LogP contribution in [0.25, 0.3) is 0 Å². The summed E-state index contributed by atoms with van der Waals surface area (Å²) in [4.78, 5) is 39.4. The number of aliphatic carboxylic acids is 2. The summed E-state index contributed by atoms with van der Waals surface area (Å²) in [5.41, 5.74) is 2.04.